The highest BCUT2D eigenvalue weighted by Gasteiger charge is 2.29. The van der Waals surface area contributed by atoms with Gasteiger partial charge in [0.2, 0.25) is 5.88 Å². The maximum atomic E-state index is 12.6. The molecule has 10 nitrogen and oxygen atoms in total. The second-order valence-electron chi connectivity index (χ2n) is 5.69. The van der Waals surface area contributed by atoms with Gasteiger partial charge in [0.25, 0.3) is 5.91 Å². The summed E-state index contributed by atoms with van der Waals surface area (Å²) in [6.45, 7) is -3.23. The largest absolute Gasteiger partial charge is 0.505 e. The number of benzene rings is 1. The third kappa shape index (κ3) is 4.63. The van der Waals surface area contributed by atoms with Crippen molar-refractivity contribution in [2.45, 2.75) is 12.6 Å². The summed E-state index contributed by atoms with van der Waals surface area (Å²) < 4.78 is 30.3. The number of nitrogens with one attached hydrogen (secondary N) is 1. The Bertz CT molecular complexity index is 1020. The number of pyridine rings is 1. The molecule has 0 spiro atoms. The summed E-state index contributed by atoms with van der Waals surface area (Å²) in [6, 6.07) is 7.60. The van der Waals surface area contributed by atoms with Crippen molar-refractivity contribution in [3.63, 3.8) is 0 Å². The van der Waals surface area contributed by atoms with E-state index in [2.05, 4.69) is 20.1 Å². The molecule has 29 heavy (non-hydrogen) atoms. The summed E-state index contributed by atoms with van der Waals surface area (Å²) in [5.74, 6) is -4.83. The molecule has 0 fully saturated rings. The number of amides is 1. The monoisotopic (exact) mass is 408 g/mol. The van der Waals surface area contributed by atoms with E-state index in [0.717, 1.165) is 16.9 Å². The van der Waals surface area contributed by atoms with Crippen LogP contribution in [0, 0.1) is 0 Å². The number of aromatic nitrogens is 3. The van der Waals surface area contributed by atoms with Crippen molar-refractivity contribution in [3.05, 3.63) is 60.0 Å². The van der Waals surface area contributed by atoms with Crippen LogP contribution in [0.15, 0.2) is 48.8 Å². The Morgan fingerprint density at radius 2 is 1.86 bits per heavy atom. The van der Waals surface area contributed by atoms with Gasteiger partial charge in [-0.3, -0.25) is 9.78 Å². The van der Waals surface area contributed by atoms with Crippen molar-refractivity contribution in [1.82, 2.24) is 14.8 Å². The lowest BCUT2D eigenvalue weighted by Gasteiger charge is -2.10. The van der Waals surface area contributed by atoms with Crippen molar-refractivity contribution < 1.29 is 38.7 Å². The molecule has 3 aromatic rings. The van der Waals surface area contributed by atoms with Crippen LogP contribution in [0.5, 0.6) is 11.6 Å². The summed E-state index contributed by atoms with van der Waals surface area (Å²) in [7, 11) is 0. The number of carbonyl (C=O) groups is 1. The van der Waals surface area contributed by atoms with Gasteiger partial charge in [-0.2, -0.15) is 13.9 Å². The molecule has 0 saturated carbocycles. The van der Waals surface area contributed by atoms with Crippen LogP contribution in [-0.4, -0.2) is 47.7 Å². The Balaban J connectivity index is 1.85. The molecule has 0 aliphatic rings. The number of carbonyl (C=O) groups excluding carboxylic acids is 1. The first-order chi connectivity index (χ1) is 13.6. The molecule has 152 valence electrons. The number of hydrogen-bond donors (Lipinski definition) is 5. The minimum Gasteiger partial charge on any atom is -0.505 e. The average molecular weight is 408 g/mol. The SMILES string of the molecule is O=C(Nc1ccc(-n2nc(C(O)(O)O)cc2OC(F)F)cc1)c1ccncc1O. The van der Waals surface area contributed by atoms with Gasteiger partial charge in [-0.1, -0.05) is 0 Å². The molecular formula is C17H14F2N4O6. The van der Waals surface area contributed by atoms with Crippen LogP contribution in [0.4, 0.5) is 14.5 Å². The Morgan fingerprint density at radius 1 is 1.17 bits per heavy atom. The maximum absolute atomic E-state index is 12.6. The number of alkyl halides is 2. The topological polar surface area (TPSA) is 150 Å². The minimum absolute atomic E-state index is 0.00130. The van der Waals surface area contributed by atoms with Gasteiger partial charge in [0.15, 0.2) is 5.69 Å². The zero-order chi connectivity index (χ0) is 21.2. The van der Waals surface area contributed by atoms with Gasteiger partial charge in [-0.15, -0.1) is 0 Å². The van der Waals surface area contributed by atoms with Crippen molar-refractivity contribution in [2.75, 3.05) is 5.32 Å². The zero-order valence-corrected chi connectivity index (χ0v) is 14.4. The van der Waals surface area contributed by atoms with E-state index in [1.807, 2.05) is 0 Å². The fourth-order valence-corrected chi connectivity index (χ4v) is 2.35. The van der Waals surface area contributed by atoms with Crippen molar-refractivity contribution >= 4 is 11.6 Å². The first-order valence-corrected chi connectivity index (χ1v) is 7.92. The van der Waals surface area contributed by atoms with E-state index in [1.54, 1.807) is 0 Å². The third-order valence-corrected chi connectivity index (χ3v) is 3.64. The fourth-order valence-electron chi connectivity index (χ4n) is 2.35. The molecule has 2 heterocycles. The van der Waals surface area contributed by atoms with Gasteiger partial charge >= 0.3 is 12.6 Å². The summed E-state index contributed by atoms with van der Waals surface area (Å²) in [5.41, 5.74) is -0.280. The van der Waals surface area contributed by atoms with Crippen LogP contribution in [0.1, 0.15) is 16.1 Å². The molecule has 1 amide bonds. The Hall–Kier alpha value is -3.61. The second-order valence-corrected chi connectivity index (χ2v) is 5.69. The van der Waals surface area contributed by atoms with E-state index in [0.29, 0.717) is 5.69 Å². The van der Waals surface area contributed by atoms with Crippen molar-refractivity contribution in [3.8, 4) is 17.3 Å². The third-order valence-electron chi connectivity index (χ3n) is 3.64. The van der Waals surface area contributed by atoms with E-state index in [-0.39, 0.29) is 17.0 Å². The maximum Gasteiger partial charge on any atom is 0.388 e. The van der Waals surface area contributed by atoms with Crippen LogP contribution in [0.2, 0.25) is 0 Å². The number of halogens is 2. The molecule has 0 bridgehead atoms. The molecule has 0 radical (unpaired) electrons. The van der Waals surface area contributed by atoms with Crippen molar-refractivity contribution in [1.29, 1.82) is 0 Å². The molecule has 0 aliphatic carbocycles. The molecule has 5 N–H and O–H groups in total. The van der Waals surface area contributed by atoms with E-state index >= 15 is 0 Å². The molecule has 2 aromatic heterocycles. The lowest BCUT2D eigenvalue weighted by molar-refractivity contribution is -0.326. The van der Waals surface area contributed by atoms with Crippen LogP contribution in [0.3, 0.4) is 0 Å². The molecule has 3 rings (SSSR count). The summed E-state index contributed by atoms with van der Waals surface area (Å²) in [6.07, 6.45) is 2.45. The normalized spacial score (nSPS) is 11.5. The molecule has 12 heteroatoms. The summed E-state index contributed by atoms with van der Waals surface area (Å²) in [5, 5.41) is 43.4. The predicted octanol–water partition coefficient (Wildman–Crippen LogP) is 0.914. The Labute approximate surface area is 161 Å². The first kappa shape index (κ1) is 20.1. The molecular weight excluding hydrogens is 394 g/mol. The van der Waals surface area contributed by atoms with Gasteiger partial charge < -0.3 is 30.5 Å². The lowest BCUT2D eigenvalue weighted by Crippen LogP contribution is -2.24. The lowest BCUT2D eigenvalue weighted by atomic mass is 10.2. The van der Waals surface area contributed by atoms with Crippen LogP contribution < -0.4 is 10.1 Å². The number of aromatic hydroxyl groups is 1. The Morgan fingerprint density at radius 3 is 2.45 bits per heavy atom. The van der Waals surface area contributed by atoms with Gasteiger partial charge in [0, 0.05) is 18.0 Å². The number of nitrogens with zero attached hydrogens (tertiary/aromatic N) is 3. The number of rotatable bonds is 6. The summed E-state index contributed by atoms with van der Waals surface area (Å²) >= 11 is 0. The second kappa shape index (κ2) is 7.79. The quantitative estimate of drug-likeness (QED) is 0.378. The number of anilines is 1. The molecule has 0 saturated heterocycles. The molecule has 1 aromatic carbocycles. The number of ether oxygens (including phenoxy) is 1. The number of aliphatic hydroxyl groups is 3. The highest BCUT2D eigenvalue weighted by Crippen LogP contribution is 2.26. The minimum atomic E-state index is -3.36. The highest BCUT2D eigenvalue weighted by atomic mass is 19.3. The average Bonchev–Trinajstić information content (AvgIpc) is 3.06. The van der Waals surface area contributed by atoms with E-state index < -0.39 is 30.1 Å². The van der Waals surface area contributed by atoms with Crippen LogP contribution in [0.25, 0.3) is 5.69 Å². The van der Waals surface area contributed by atoms with Gasteiger partial charge in [-0.25, -0.2) is 4.68 Å². The zero-order valence-electron chi connectivity index (χ0n) is 14.4. The van der Waals surface area contributed by atoms with E-state index in [4.69, 9.17) is 0 Å². The Kier molecular flexibility index (Phi) is 5.41. The highest BCUT2D eigenvalue weighted by molar-refractivity contribution is 6.05. The van der Waals surface area contributed by atoms with Gasteiger partial charge in [-0.05, 0) is 30.3 Å². The summed E-state index contributed by atoms with van der Waals surface area (Å²) in [4.78, 5) is 15.8. The van der Waals surface area contributed by atoms with Gasteiger partial charge in [0.1, 0.15) is 5.75 Å². The van der Waals surface area contributed by atoms with Crippen LogP contribution >= 0.6 is 0 Å². The molecule has 0 aliphatic heterocycles. The smallest absolute Gasteiger partial charge is 0.388 e. The van der Waals surface area contributed by atoms with Gasteiger partial charge in [0.05, 0.1) is 17.4 Å². The molecule has 0 atom stereocenters. The fraction of sp³-hybridized carbons (Fsp3) is 0.118. The predicted molar refractivity (Wildman–Crippen MR) is 92.4 cm³/mol. The molecule has 0 unspecified atom stereocenters. The van der Waals surface area contributed by atoms with E-state index in [1.165, 1.54) is 36.5 Å². The van der Waals surface area contributed by atoms with Crippen LogP contribution in [-0.2, 0) is 5.97 Å². The number of hydrogen-bond acceptors (Lipinski definition) is 8. The van der Waals surface area contributed by atoms with E-state index in [9.17, 15) is 34.0 Å². The standard InChI is InChI=1S/C17H14F2N4O6/c18-16(19)29-14-7-13(17(26,27)28)22-23(14)10-3-1-9(2-4-10)21-15(25)11-5-6-20-8-12(11)24/h1-8,16,24,26-28H,(H,21,25). The van der Waals surface area contributed by atoms with Crippen molar-refractivity contribution in [2.24, 2.45) is 0 Å². The first-order valence-electron chi connectivity index (χ1n) is 7.92.